The second kappa shape index (κ2) is 7.16. The molecule has 0 bridgehead atoms. The maximum Gasteiger partial charge on any atom is 0.498 e. The maximum atomic E-state index is 6.05. The van der Waals surface area contributed by atoms with E-state index in [1.165, 1.54) is 6.42 Å². The molecule has 0 N–H and O–H groups in total. The third-order valence-corrected chi connectivity index (χ3v) is 5.15. The van der Waals surface area contributed by atoms with Gasteiger partial charge in [0.15, 0.2) is 6.29 Å². The molecular weight excluding hydrogens is 307 g/mol. The Hall–Kier alpha value is -0.885. The molecule has 2 aliphatic heterocycles. The van der Waals surface area contributed by atoms with Crippen molar-refractivity contribution in [3.63, 3.8) is 0 Å². The average Bonchev–Trinajstić information content (AvgIpc) is 3.08. The summed E-state index contributed by atoms with van der Waals surface area (Å²) in [5.41, 5.74) is 0.312. The number of hydrogen-bond acceptors (Lipinski definition) is 5. The number of ether oxygens (including phenoxy) is 2. The Kier molecular flexibility index (Phi) is 5.35. The van der Waals surface area contributed by atoms with Crippen LogP contribution < -0.4 is 5.46 Å². The van der Waals surface area contributed by atoms with Crippen molar-refractivity contribution in [3.8, 4) is 0 Å². The Morgan fingerprint density at radius 2 is 2.00 bits per heavy atom. The lowest BCUT2D eigenvalue weighted by Crippen LogP contribution is -2.41. The molecule has 7 heteroatoms. The second-order valence-corrected chi connectivity index (χ2v) is 7.65. The molecule has 24 heavy (non-hydrogen) atoms. The highest BCUT2D eigenvalue weighted by Gasteiger charge is 2.52. The molecule has 1 atom stereocenters. The van der Waals surface area contributed by atoms with Gasteiger partial charge in [0.1, 0.15) is 0 Å². The predicted octanol–water partition coefficient (Wildman–Crippen LogP) is 2.12. The Bertz CT molecular complexity index is 524. The van der Waals surface area contributed by atoms with Crippen LogP contribution in [0.15, 0.2) is 12.4 Å². The van der Waals surface area contributed by atoms with Gasteiger partial charge in [-0.2, -0.15) is 5.10 Å². The van der Waals surface area contributed by atoms with Crippen LogP contribution in [0.2, 0.25) is 0 Å². The van der Waals surface area contributed by atoms with Gasteiger partial charge in [0.2, 0.25) is 0 Å². The fraction of sp³-hybridized carbons (Fsp3) is 0.824. The van der Waals surface area contributed by atoms with Gasteiger partial charge in [-0.25, -0.2) is 0 Å². The summed E-state index contributed by atoms with van der Waals surface area (Å²) < 4.78 is 25.3. The highest BCUT2D eigenvalue weighted by Crippen LogP contribution is 2.36. The lowest BCUT2D eigenvalue weighted by molar-refractivity contribution is -0.163. The molecule has 0 aromatic carbocycles. The van der Waals surface area contributed by atoms with Gasteiger partial charge in [-0.15, -0.1) is 0 Å². The molecule has 2 fully saturated rings. The first-order valence-electron chi connectivity index (χ1n) is 8.99. The molecule has 3 rings (SSSR count). The molecule has 0 aliphatic carbocycles. The minimum absolute atomic E-state index is 0.0170. The molecular formula is C17H29BN2O4. The molecule has 134 valence electrons. The largest absolute Gasteiger partial charge is 0.498 e. The number of aromatic nitrogens is 2. The van der Waals surface area contributed by atoms with E-state index < -0.39 is 0 Å². The zero-order valence-electron chi connectivity index (χ0n) is 15.3. The van der Waals surface area contributed by atoms with E-state index in [1.54, 1.807) is 0 Å². The Balaban J connectivity index is 1.44. The molecule has 3 heterocycles. The van der Waals surface area contributed by atoms with Gasteiger partial charge in [0, 0.05) is 31.0 Å². The van der Waals surface area contributed by atoms with Gasteiger partial charge in [0.25, 0.3) is 0 Å². The lowest BCUT2D eigenvalue weighted by Gasteiger charge is -2.32. The summed E-state index contributed by atoms with van der Waals surface area (Å²) in [7, 11) is -0.351. The topological polar surface area (TPSA) is 54.7 Å². The van der Waals surface area contributed by atoms with Crippen molar-refractivity contribution in [2.75, 3.05) is 13.2 Å². The van der Waals surface area contributed by atoms with Crippen molar-refractivity contribution in [3.05, 3.63) is 12.4 Å². The summed E-state index contributed by atoms with van der Waals surface area (Å²) in [6.07, 6.45) is 8.07. The Morgan fingerprint density at radius 1 is 1.25 bits per heavy atom. The van der Waals surface area contributed by atoms with Crippen LogP contribution in [-0.2, 0) is 25.3 Å². The molecule has 0 spiro atoms. The molecule has 0 saturated carbocycles. The summed E-state index contributed by atoms with van der Waals surface area (Å²) in [6, 6.07) is 0. The monoisotopic (exact) mass is 336 g/mol. The van der Waals surface area contributed by atoms with Crippen molar-refractivity contribution in [2.45, 2.75) is 77.4 Å². The van der Waals surface area contributed by atoms with E-state index in [0.717, 1.165) is 37.9 Å². The highest BCUT2D eigenvalue weighted by atomic mass is 16.7. The second-order valence-electron chi connectivity index (χ2n) is 7.65. The summed E-state index contributed by atoms with van der Waals surface area (Å²) in [5, 5.41) is 4.41. The number of aryl methyl sites for hydroxylation is 1. The van der Waals surface area contributed by atoms with E-state index in [4.69, 9.17) is 18.8 Å². The van der Waals surface area contributed by atoms with Crippen LogP contribution in [0.25, 0.3) is 0 Å². The van der Waals surface area contributed by atoms with Crippen LogP contribution in [0, 0.1) is 0 Å². The minimum Gasteiger partial charge on any atom is -0.399 e. The van der Waals surface area contributed by atoms with Gasteiger partial charge in [0.05, 0.1) is 17.8 Å². The van der Waals surface area contributed by atoms with E-state index in [0.29, 0.717) is 6.61 Å². The average molecular weight is 336 g/mol. The summed E-state index contributed by atoms with van der Waals surface area (Å²) >= 11 is 0. The predicted molar refractivity (Wildman–Crippen MR) is 92.1 cm³/mol. The van der Waals surface area contributed by atoms with Gasteiger partial charge in [-0.3, -0.25) is 4.68 Å². The minimum atomic E-state index is -0.351. The number of rotatable bonds is 6. The molecule has 0 radical (unpaired) electrons. The molecule has 1 aromatic heterocycles. The van der Waals surface area contributed by atoms with E-state index in [9.17, 15) is 0 Å². The lowest BCUT2D eigenvalue weighted by atomic mass is 9.82. The molecule has 0 amide bonds. The van der Waals surface area contributed by atoms with Crippen LogP contribution in [0.5, 0.6) is 0 Å². The first kappa shape index (κ1) is 17.9. The van der Waals surface area contributed by atoms with Crippen LogP contribution in [0.1, 0.15) is 53.4 Å². The van der Waals surface area contributed by atoms with Gasteiger partial charge >= 0.3 is 7.12 Å². The Morgan fingerprint density at radius 3 is 2.67 bits per heavy atom. The van der Waals surface area contributed by atoms with Crippen LogP contribution in [0.3, 0.4) is 0 Å². The molecule has 2 saturated heterocycles. The van der Waals surface area contributed by atoms with E-state index in [1.807, 2.05) is 17.1 Å². The first-order valence-corrected chi connectivity index (χ1v) is 8.99. The fourth-order valence-corrected chi connectivity index (χ4v) is 2.89. The summed E-state index contributed by atoms with van der Waals surface area (Å²) in [5.74, 6) is 0. The third kappa shape index (κ3) is 4.02. The van der Waals surface area contributed by atoms with Crippen molar-refractivity contribution >= 4 is 12.6 Å². The van der Waals surface area contributed by atoms with Crippen LogP contribution >= 0.6 is 0 Å². The van der Waals surface area contributed by atoms with Gasteiger partial charge in [-0.1, -0.05) is 0 Å². The number of hydrogen-bond donors (Lipinski definition) is 0. The van der Waals surface area contributed by atoms with Crippen molar-refractivity contribution in [2.24, 2.45) is 0 Å². The van der Waals surface area contributed by atoms with Crippen LogP contribution in [0.4, 0.5) is 0 Å². The van der Waals surface area contributed by atoms with Gasteiger partial charge in [-0.05, 0) is 53.4 Å². The summed E-state index contributed by atoms with van der Waals surface area (Å²) in [6.45, 7) is 10.6. The van der Waals surface area contributed by atoms with E-state index >= 15 is 0 Å². The summed E-state index contributed by atoms with van der Waals surface area (Å²) in [4.78, 5) is 0. The molecule has 2 aliphatic rings. The molecule has 1 aromatic rings. The fourth-order valence-electron chi connectivity index (χ4n) is 2.89. The first-order chi connectivity index (χ1) is 11.4. The quantitative estimate of drug-likeness (QED) is 0.588. The maximum absolute atomic E-state index is 6.05. The SMILES string of the molecule is CC1(C)OB(c2cnn(CCCO[C@H]3CCCCO3)c2)OC1(C)C. The zero-order chi connectivity index (χ0) is 17.2. The van der Waals surface area contributed by atoms with Crippen molar-refractivity contribution < 1.29 is 18.8 Å². The van der Waals surface area contributed by atoms with E-state index in [2.05, 4.69) is 32.8 Å². The smallest absolute Gasteiger partial charge is 0.399 e. The van der Waals surface area contributed by atoms with Gasteiger partial charge < -0.3 is 18.8 Å². The Labute approximate surface area is 144 Å². The highest BCUT2D eigenvalue weighted by molar-refractivity contribution is 6.61. The third-order valence-electron chi connectivity index (χ3n) is 5.15. The molecule has 0 unspecified atom stereocenters. The van der Waals surface area contributed by atoms with Crippen molar-refractivity contribution in [1.82, 2.24) is 9.78 Å². The molecule has 6 nitrogen and oxygen atoms in total. The normalized spacial score (nSPS) is 26.0. The number of nitrogens with zero attached hydrogens (tertiary/aromatic N) is 2. The van der Waals surface area contributed by atoms with Crippen molar-refractivity contribution in [1.29, 1.82) is 0 Å². The van der Waals surface area contributed by atoms with Crippen LogP contribution in [-0.4, -0.2) is 47.6 Å². The standard InChI is InChI=1S/C17H29BN2O4/c1-16(2)17(3,4)24-18(23-16)14-12-19-20(13-14)9-7-11-22-15-8-5-6-10-21-15/h12-13,15H,5-11H2,1-4H3/t15-/m0/s1. The van der Waals surface area contributed by atoms with E-state index in [-0.39, 0.29) is 24.6 Å². The zero-order valence-corrected chi connectivity index (χ0v) is 15.3.